The largest absolute Gasteiger partial charge is 0.363 e. The van der Waals surface area contributed by atoms with Gasteiger partial charge in [0.1, 0.15) is 12.4 Å². The van der Waals surface area contributed by atoms with Crippen LogP contribution < -0.4 is 0 Å². The Balaban J connectivity index is 1.18. The van der Waals surface area contributed by atoms with E-state index >= 15 is 13.2 Å². The highest BCUT2D eigenvalue weighted by molar-refractivity contribution is 5.84. The number of aromatic nitrogens is 1. The summed E-state index contributed by atoms with van der Waals surface area (Å²) in [6, 6.07) is 9.70. The molecule has 2 amide bonds. The van der Waals surface area contributed by atoms with Crippen LogP contribution in [-0.2, 0) is 20.9 Å². The quantitative estimate of drug-likeness (QED) is 0.404. The Bertz CT molecular complexity index is 1460. The van der Waals surface area contributed by atoms with Crippen molar-refractivity contribution in [3.63, 3.8) is 0 Å². The molecular weight excluding hydrogens is 507 g/mol. The zero-order valence-corrected chi connectivity index (χ0v) is 21.8. The molecule has 1 aromatic heterocycles. The number of rotatable bonds is 6. The van der Waals surface area contributed by atoms with E-state index in [1.165, 1.54) is 4.90 Å². The highest BCUT2D eigenvalue weighted by Crippen LogP contribution is 2.43. The molecule has 1 spiro atoms. The summed E-state index contributed by atoms with van der Waals surface area (Å²) < 4.78 is 51.5. The number of hydrogen-bond acceptors (Lipinski definition) is 4. The van der Waals surface area contributed by atoms with Gasteiger partial charge in [-0.05, 0) is 48.9 Å². The van der Waals surface area contributed by atoms with Gasteiger partial charge in [-0.2, -0.15) is 0 Å². The van der Waals surface area contributed by atoms with Crippen LogP contribution in [0.3, 0.4) is 0 Å². The number of ether oxygens (including phenoxy) is 1. The number of pyridine rings is 1. The monoisotopic (exact) mass is 537 g/mol. The summed E-state index contributed by atoms with van der Waals surface area (Å²) in [6.07, 6.45) is 5.14. The Hall–Kier alpha value is -3.46. The van der Waals surface area contributed by atoms with Gasteiger partial charge in [0.25, 0.3) is 0 Å². The molecular formula is C30H30F3N3O3. The fourth-order valence-corrected chi connectivity index (χ4v) is 6.12. The summed E-state index contributed by atoms with van der Waals surface area (Å²) in [5.74, 6) is -3.28. The molecule has 0 N–H and O–H groups in total. The van der Waals surface area contributed by atoms with Crippen molar-refractivity contribution in [2.75, 3.05) is 19.7 Å². The lowest BCUT2D eigenvalue weighted by Crippen LogP contribution is -2.60. The number of piperidine rings is 1. The average molecular weight is 538 g/mol. The maximum atomic E-state index is 15.2. The van der Waals surface area contributed by atoms with Crippen molar-refractivity contribution in [3.8, 4) is 11.1 Å². The van der Waals surface area contributed by atoms with Crippen LogP contribution in [0.4, 0.5) is 13.2 Å². The molecule has 3 unspecified atom stereocenters. The number of carbonyl (C=O) groups excluding carboxylic acids is 2. The fourth-order valence-electron chi connectivity index (χ4n) is 6.12. The van der Waals surface area contributed by atoms with Crippen LogP contribution in [0.25, 0.3) is 22.0 Å². The predicted molar refractivity (Wildman–Crippen MR) is 139 cm³/mol. The predicted octanol–water partition coefficient (Wildman–Crippen LogP) is 5.23. The molecule has 0 bridgehead atoms. The van der Waals surface area contributed by atoms with E-state index in [1.54, 1.807) is 30.5 Å². The van der Waals surface area contributed by atoms with Gasteiger partial charge in [0, 0.05) is 35.3 Å². The van der Waals surface area contributed by atoms with Crippen LogP contribution in [0.2, 0.25) is 0 Å². The molecule has 3 heterocycles. The molecule has 6 nitrogen and oxygen atoms in total. The van der Waals surface area contributed by atoms with Gasteiger partial charge in [0.15, 0.2) is 11.6 Å². The number of carbonyl (C=O) groups is 2. The lowest BCUT2D eigenvalue weighted by molar-refractivity contribution is -0.179. The lowest BCUT2D eigenvalue weighted by Gasteiger charge is -2.46. The van der Waals surface area contributed by atoms with E-state index in [-0.39, 0.29) is 49.5 Å². The van der Waals surface area contributed by atoms with Crippen molar-refractivity contribution >= 4 is 22.7 Å². The second-order valence-corrected chi connectivity index (χ2v) is 11.0. The molecule has 0 radical (unpaired) electrons. The molecule has 39 heavy (non-hydrogen) atoms. The first-order chi connectivity index (χ1) is 18.8. The van der Waals surface area contributed by atoms with Gasteiger partial charge in [-0.3, -0.25) is 14.6 Å². The second-order valence-electron chi connectivity index (χ2n) is 11.0. The van der Waals surface area contributed by atoms with Gasteiger partial charge in [-0.15, -0.1) is 0 Å². The van der Waals surface area contributed by atoms with Crippen LogP contribution in [0.15, 0.2) is 42.6 Å². The smallest absolute Gasteiger partial charge is 0.248 e. The van der Waals surface area contributed by atoms with Crippen molar-refractivity contribution in [3.05, 3.63) is 65.6 Å². The van der Waals surface area contributed by atoms with E-state index in [1.807, 2.05) is 11.0 Å². The zero-order chi connectivity index (χ0) is 27.3. The minimum atomic E-state index is -1.31. The van der Waals surface area contributed by atoms with E-state index in [9.17, 15) is 9.59 Å². The van der Waals surface area contributed by atoms with E-state index < -0.39 is 28.6 Å². The molecule has 6 rings (SSSR count). The summed E-state index contributed by atoms with van der Waals surface area (Å²) in [7, 11) is 0. The van der Waals surface area contributed by atoms with E-state index in [0.29, 0.717) is 30.0 Å². The Morgan fingerprint density at radius 3 is 2.74 bits per heavy atom. The van der Waals surface area contributed by atoms with Gasteiger partial charge in [-0.1, -0.05) is 31.5 Å². The van der Waals surface area contributed by atoms with Crippen LogP contribution in [0, 0.1) is 23.4 Å². The van der Waals surface area contributed by atoms with E-state index in [4.69, 9.17) is 4.74 Å². The molecule has 1 saturated carbocycles. The normalized spacial score (nSPS) is 25.1. The number of halogens is 3. The summed E-state index contributed by atoms with van der Waals surface area (Å²) in [5.41, 5.74) is -0.588. The van der Waals surface area contributed by atoms with E-state index in [2.05, 4.69) is 11.9 Å². The summed E-state index contributed by atoms with van der Waals surface area (Å²) >= 11 is 0. The highest BCUT2D eigenvalue weighted by Gasteiger charge is 2.51. The minimum Gasteiger partial charge on any atom is -0.363 e. The zero-order valence-electron chi connectivity index (χ0n) is 21.8. The lowest BCUT2D eigenvalue weighted by atomic mass is 9.88. The van der Waals surface area contributed by atoms with Crippen molar-refractivity contribution in [1.29, 1.82) is 0 Å². The summed E-state index contributed by atoms with van der Waals surface area (Å²) in [5, 5.41) is 0.827. The third-order valence-corrected chi connectivity index (χ3v) is 8.41. The topological polar surface area (TPSA) is 62.7 Å². The SMILES string of the molecule is CCCC1CC1N1CC2(CCN(Cc3c(F)cc(-c4ccc5cccnc5c4)c(F)c3F)C(=O)C2)OCC1=O. The first-order valence-corrected chi connectivity index (χ1v) is 13.5. The van der Waals surface area contributed by atoms with Crippen LogP contribution >= 0.6 is 0 Å². The first-order valence-electron chi connectivity index (χ1n) is 13.5. The standard InChI is InChI=1S/C30H30F3N3O3/c1-2-4-20-12-25(20)36-17-30(39-16-27(36)38)8-10-35(26(37)14-30)15-22-23(31)13-21(28(32)29(22)33)19-7-6-18-5-3-9-34-24(18)11-19/h3,5-7,9,11,13,20,25H,2,4,8,10,12,14-17H2,1H3. The number of benzene rings is 2. The van der Waals surface area contributed by atoms with Crippen LogP contribution in [0.5, 0.6) is 0 Å². The fraction of sp³-hybridized carbons (Fsp3) is 0.433. The molecule has 1 aliphatic carbocycles. The summed E-state index contributed by atoms with van der Waals surface area (Å²) in [6.45, 7) is 2.22. The molecule has 3 aliphatic rings. The molecule has 3 aromatic rings. The average Bonchev–Trinajstić information content (AvgIpc) is 3.70. The second kappa shape index (κ2) is 9.93. The van der Waals surface area contributed by atoms with Crippen molar-refractivity contribution < 1.29 is 27.5 Å². The molecule has 204 valence electrons. The van der Waals surface area contributed by atoms with Crippen molar-refractivity contribution in [2.45, 2.75) is 57.2 Å². The van der Waals surface area contributed by atoms with Crippen molar-refractivity contribution in [2.24, 2.45) is 5.92 Å². The van der Waals surface area contributed by atoms with Gasteiger partial charge in [-0.25, -0.2) is 13.2 Å². The Morgan fingerprint density at radius 2 is 1.95 bits per heavy atom. The van der Waals surface area contributed by atoms with Crippen LogP contribution in [-0.4, -0.2) is 57.9 Å². The molecule has 9 heteroatoms. The molecule has 2 aliphatic heterocycles. The van der Waals surface area contributed by atoms with Gasteiger partial charge in [0.2, 0.25) is 11.8 Å². The maximum absolute atomic E-state index is 15.2. The van der Waals surface area contributed by atoms with Crippen molar-refractivity contribution in [1.82, 2.24) is 14.8 Å². The Kier molecular flexibility index (Phi) is 6.57. The number of fused-ring (bicyclic) bond motifs is 1. The number of morpholine rings is 1. The third-order valence-electron chi connectivity index (χ3n) is 8.41. The molecule has 2 saturated heterocycles. The Morgan fingerprint density at radius 1 is 1.10 bits per heavy atom. The van der Waals surface area contributed by atoms with Crippen LogP contribution in [0.1, 0.15) is 44.6 Å². The number of nitrogens with zero attached hydrogens (tertiary/aromatic N) is 3. The van der Waals surface area contributed by atoms with Gasteiger partial charge in [0.05, 0.1) is 30.6 Å². The van der Waals surface area contributed by atoms with E-state index in [0.717, 1.165) is 30.7 Å². The molecule has 3 fully saturated rings. The highest BCUT2D eigenvalue weighted by atomic mass is 19.2. The number of hydrogen-bond donors (Lipinski definition) is 0. The Labute approximate surface area is 224 Å². The number of amides is 2. The minimum absolute atomic E-state index is 0.00976. The summed E-state index contributed by atoms with van der Waals surface area (Å²) in [4.78, 5) is 33.1. The molecule has 3 atom stereocenters. The maximum Gasteiger partial charge on any atom is 0.248 e. The van der Waals surface area contributed by atoms with Gasteiger partial charge >= 0.3 is 0 Å². The van der Waals surface area contributed by atoms with Gasteiger partial charge < -0.3 is 14.5 Å². The molecule has 2 aromatic carbocycles. The first kappa shape index (κ1) is 25.8. The number of likely N-dealkylation sites (tertiary alicyclic amines) is 1. The third kappa shape index (κ3) is 4.77.